The summed E-state index contributed by atoms with van der Waals surface area (Å²) >= 11 is 0. The van der Waals surface area contributed by atoms with Crippen LogP contribution in [0.25, 0.3) is 34.6 Å². The zero-order valence-electron chi connectivity index (χ0n) is 17.7. The molecule has 0 spiro atoms. The number of aryl methyl sites for hydroxylation is 3. The van der Waals surface area contributed by atoms with Gasteiger partial charge in [0.25, 0.3) is 0 Å². The van der Waals surface area contributed by atoms with Crippen LogP contribution in [0.15, 0.2) is 73.2 Å². The van der Waals surface area contributed by atoms with Crippen LogP contribution >= 0.6 is 0 Å². The van der Waals surface area contributed by atoms with E-state index in [2.05, 4.69) is 0 Å². The third-order valence-corrected chi connectivity index (χ3v) is 4.49. The van der Waals surface area contributed by atoms with Crippen LogP contribution in [0.4, 0.5) is 0 Å². The minimum atomic E-state index is -4.19. The molecule has 11 heteroatoms. The van der Waals surface area contributed by atoms with Crippen LogP contribution in [0.1, 0.15) is 0 Å². The Morgan fingerprint density at radius 2 is 0.844 bits per heavy atom. The number of hydrogen-bond donors (Lipinski definition) is 3. The number of halogens is 1. The molecule has 3 N–H and O–H groups in total. The van der Waals surface area contributed by atoms with Crippen LogP contribution in [0.5, 0.6) is 0 Å². The molecular weight excluding hydrogens is 436 g/mol. The first-order valence-corrected chi connectivity index (χ1v) is 10.7. The zero-order chi connectivity index (χ0) is 23.3. The van der Waals surface area contributed by atoms with Crippen molar-refractivity contribution in [2.24, 2.45) is 21.1 Å². The fourth-order valence-corrected chi connectivity index (χ4v) is 2.99. The second-order valence-electron chi connectivity index (χ2n) is 6.83. The summed E-state index contributed by atoms with van der Waals surface area (Å²) in [4.78, 5) is 14.3. The molecule has 4 aromatic rings. The molecule has 166 valence electrons. The number of aromatic nitrogens is 6. The normalized spacial score (nSPS) is 11.5. The van der Waals surface area contributed by atoms with Gasteiger partial charge in [-0.05, 0) is 18.2 Å². The van der Waals surface area contributed by atoms with Crippen molar-refractivity contribution in [3.8, 4) is 34.6 Å². The molecule has 32 heavy (non-hydrogen) atoms. The van der Waals surface area contributed by atoms with Crippen LogP contribution in [0.3, 0.4) is 0 Å². The molecular formula is C21H24ClN6O4+3. The van der Waals surface area contributed by atoms with E-state index in [9.17, 15) is 0 Å². The van der Waals surface area contributed by atoms with E-state index in [1.165, 1.54) is 0 Å². The molecule has 0 aliphatic rings. The van der Waals surface area contributed by atoms with Gasteiger partial charge in [0.15, 0.2) is 18.6 Å². The van der Waals surface area contributed by atoms with Crippen LogP contribution < -0.4 is 18.4 Å². The fourth-order valence-electron chi connectivity index (χ4n) is 2.99. The van der Waals surface area contributed by atoms with E-state index < -0.39 is 10.2 Å². The van der Waals surface area contributed by atoms with Crippen LogP contribution in [-0.4, -0.2) is 28.9 Å². The average Bonchev–Trinajstić information content (AvgIpc) is 2.73. The monoisotopic (exact) mass is 459 g/mol. The molecule has 0 aliphatic heterocycles. The number of nitrogens with zero attached hydrogens (tertiary/aromatic N) is 6. The predicted molar refractivity (Wildman–Crippen MR) is 106 cm³/mol. The molecule has 0 saturated carbocycles. The van der Waals surface area contributed by atoms with E-state index in [4.69, 9.17) is 33.6 Å². The summed E-state index contributed by atoms with van der Waals surface area (Å²) in [5.74, 6) is 1.93. The Hall–Kier alpha value is -3.41. The Labute approximate surface area is 186 Å². The van der Waals surface area contributed by atoms with E-state index in [0.29, 0.717) is 17.5 Å². The molecule has 0 amide bonds. The van der Waals surface area contributed by atoms with Crippen molar-refractivity contribution in [1.82, 2.24) is 15.0 Å². The Morgan fingerprint density at radius 3 is 1.06 bits per heavy atom. The van der Waals surface area contributed by atoms with Crippen molar-refractivity contribution in [3.63, 3.8) is 0 Å². The molecule has 4 heterocycles. The van der Waals surface area contributed by atoms with Crippen LogP contribution in [0.2, 0.25) is 0 Å². The number of pyridine rings is 3. The molecule has 4 rings (SSSR count). The van der Waals surface area contributed by atoms with E-state index >= 15 is 0 Å². The molecule has 0 unspecified atom stereocenters. The maximum atomic E-state index is 8.83. The average molecular weight is 460 g/mol. The fraction of sp³-hybridized carbons (Fsp3) is 0.143. The molecule has 10 nitrogen and oxygen atoms in total. The van der Waals surface area contributed by atoms with Crippen molar-refractivity contribution in [1.29, 1.82) is 0 Å². The summed E-state index contributed by atoms with van der Waals surface area (Å²) in [6, 6.07) is 18.0. The van der Waals surface area contributed by atoms with Gasteiger partial charge in [0.2, 0.25) is 34.6 Å². The molecule has 0 atom stereocenters. The molecule has 0 bridgehead atoms. The second kappa shape index (κ2) is 9.81. The van der Waals surface area contributed by atoms with E-state index in [1.807, 2.05) is 108 Å². The Kier molecular flexibility index (Phi) is 7.13. The third kappa shape index (κ3) is 6.06. The van der Waals surface area contributed by atoms with Crippen molar-refractivity contribution in [2.75, 3.05) is 0 Å². The first kappa shape index (κ1) is 23.3. The number of rotatable bonds is 3. The quantitative estimate of drug-likeness (QED) is 0.317. The van der Waals surface area contributed by atoms with Gasteiger partial charge in [0, 0.05) is 36.4 Å². The summed E-state index contributed by atoms with van der Waals surface area (Å²) in [5, 5.41) is 0. The Morgan fingerprint density at radius 1 is 0.594 bits per heavy atom. The van der Waals surface area contributed by atoms with Crippen molar-refractivity contribution in [3.05, 3.63) is 73.2 Å². The first-order chi connectivity index (χ1) is 15.1. The Balaban J connectivity index is 0.000000523. The van der Waals surface area contributed by atoms with Crippen molar-refractivity contribution < 1.29 is 42.6 Å². The summed E-state index contributed by atoms with van der Waals surface area (Å²) in [5.41, 5.74) is 2.79. The van der Waals surface area contributed by atoms with Gasteiger partial charge in [-0.3, -0.25) is 0 Å². The van der Waals surface area contributed by atoms with E-state index in [-0.39, 0.29) is 0 Å². The third-order valence-electron chi connectivity index (χ3n) is 4.49. The SMILES string of the molecule is C[n+]1ccccc1-c1nc(-c2cccc[n+]2C)nc(-c2cccc[n+]2C)n1.[O-][Cl+](O)(O)O. The van der Waals surface area contributed by atoms with Gasteiger partial charge >= 0.3 is 28.9 Å². The van der Waals surface area contributed by atoms with Gasteiger partial charge in [0.05, 0.1) is 0 Å². The summed E-state index contributed by atoms with van der Waals surface area (Å²) in [7, 11) is 1.77. The number of hydrogen-bond acceptors (Lipinski definition) is 7. The van der Waals surface area contributed by atoms with Crippen LogP contribution in [0, 0.1) is 10.2 Å². The topological polar surface area (TPSA) is 134 Å². The van der Waals surface area contributed by atoms with Gasteiger partial charge in [-0.25, -0.2) is 0 Å². The van der Waals surface area contributed by atoms with Gasteiger partial charge in [-0.15, -0.1) is 0 Å². The zero-order valence-corrected chi connectivity index (χ0v) is 18.5. The standard InChI is InChI=1S/C21H21N6.ClH3O4/c1-25-13-7-4-10-16(25)19-22-20(17-11-5-8-14-26(17)2)24-21(23-19)18-12-6-9-15-27(18)3;2-1(3,4)5/h4-15H,1-3H3;2-4H/q+3;. The maximum absolute atomic E-state index is 8.83. The van der Waals surface area contributed by atoms with Crippen molar-refractivity contribution in [2.45, 2.75) is 0 Å². The molecule has 0 aromatic carbocycles. The van der Waals surface area contributed by atoms with Gasteiger partial charge in [0.1, 0.15) is 21.1 Å². The van der Waals surface area contributed by atoms with Gasteiger partial charge < -0.3 is 0 Å². The van der Waals surface area contributed by atoms with E-state index in [1.54, 1.807) is 0 Å². The van der Waals surface area contributed by atoms with Crippen molar-refractivity contribution >= 4 is 0 Å². The molecule has 4 aromatic heterocycles. The summed E-state index contributed by atoms with van der Waals surface area (Å²) in [6.07, 6.45) is 5.97. The molecule has 0 saturated heterocycles. The first-order valence-electron chi connectivity index (χ1n) is 9.41. The molecule has 0 aliphatic carbocycles. The van der Waals surface area contributed by atoms with Gasteiger partial charge in [-0.1, -0.05) is 0 Å². The van der Waals surface area contributed by atoms with Gasteiger partial charge in [-0.2, -0.15) is 28.7 Å². The summed E-state index contributed by atoms with van der Waals surface area (Å²) in [6.45, 7) is 0. The second-order valence-corrected chi connectivity index (χ2v) is 7.70. The predicted octanol–water partition coefficient (Wildman–Crippen LogP) is -1.51. The molecule has 0 fully saturated rings. The molecule has 0 radical (unpaired) electrons. The van der Waals surface area contributed by atoms with E-state index in [0.717, 1.165) is 17.1 Å². The summed E-state index contributed by atoms with van der Waals surface area (Å²) < 4.78 is 36.3. The minimum absolute atomic E-state index is 0.644. The Bertz CT molecular complexity index is 1070. The van der Waals surface area contributed by atoms with Crippen LogP contribution in [-0.2, 0) is 21.1 Å².